The minimum absolute atomic E-state index is 0.183. The molecule has 340 valence electrons. The summed E-state index contributed by atoms with van der Waals surface area (Å²) in [7, 11) is -3.57. The molecule has 0 spiro atoms. The van der Waals surface area contributed by atoms with Gasteiger partial charge in [-0.2, -0.15) is 5.26 Å². The third kappa shape index (κ3) is 9.28. The number of nitrogens with zero attached hydrogens (tertiary/aromatic N) is 3. The second kappa shape index (κ2) is 20.0. The Morgan fingerprint density at radius 1 is 0.682 bits per heavy atom. The molecule has 5 heterocycles. The lowest BCUT2D eigenvalue weighted by molar-refractivity contribution is -0.127. The van der Waals surface area contributed by atoms with Crippen LogP contribution in [0.4, 0.5) is 8.78 Å². The van der Waals surface area contributed by atoms with E-state index in [1.54, 1.807) is 38.2 Å². The molecule has 0 unspecified atom stereocenters. The summed E-state index contributed by atoms with van der Waals surface area (Å²) in [6.07, 6.45) is 1.36. The number of halogens is 2. The molecule has 0 bridgehead atoms. The standard InChI is InChI=1S/C52H51F2N3O4S4Si/c1-9-57-42-19-14-13-16-37(42)38-26-35(20-21-43(38)57)45-23-32(6)50(63-45)47-25-34(8)51(65-47)48-24-33(7)49(64-48)46-22-31(5)44(62-46)27-36(28-55)52(58)56(29-39-40(53)17-15-18-41(39)54)30-66(59-10-2,60-11-3)61-12-4/h13-27H,9-12,29-30H2,1-8H3/b36-27+. The molecule has 7 nitrogen and oxygen atoms in total. The van der Waals surface area contributed by atoms with Gasteiger partial charge in [0.05, 0.1) is 12.7 Å². The van der Waals surface area contributed by atoms with Crippen molar-refractivity contribution < 1.29 is 26.9 Å². The zero-order valence-corrected chi connectivity index (χ0v) is 42.5. The number of para-hydroxylation sites is 1. The van der Waals surface area contributed by atoms with Crippen LogP contribution in [0.2, 0.25) is 0 Å². The number of amides is 1. The normalized spacial score (nSPS) is 12.2. The van der Waals surface area contributed by atoms with Crippen LogP contribution in [0.3, 0.4) is 0 Å². The van der Waals surface area contributed by atoms with Crippen LogP contribution < -0.4 is 0 Å². The molecule has 0 aliphatic heterocycles. The van der Waals surface area contributed by atoms with Crippen molar-refractivity contribution in [1.82, 2.24) is 9.47 Å². The van der Waals surface area contributed by atoms with Crippen molar-refractivity contribution in [2.75, 3.05) is 26.0 Å². The summed E-state index contributed by atoms with van der Waals surface area (Å²) < 4.78 is 50.6. The number of nitriles is 1. The highest BCUT2D eigenvalue weighted by Gasteiger charge is 2.44. The predicted molar refractivity (Wildman–Crippen MR) is 273 cm³/mol. The number of aryl methyl sites for hydroxylation is 5. The average Bonchev–Trinajstić information content (AvgIpc) is 4.13. The van der Waals surface area contributed by atoms with E-state index in [4.69, 9.17) is 13.3 Å². The smallest absolute Gasteiger partial charge is 0.373 e. The molecule has 0 fully saturated rings. The van der Waals surface area contributed by atoms with Gasteiger partial charge in [0.15, 0.2) is 0 Å². The van der Waals surface area contributed by atoms with Crippen LogP contribution in [0.15, 0.2) is 90.5 Å². The van der Waals surface area contributed by atoms with E-state index in [-0.39, 0.29) is 37.1 Å². The molecule has 0 saturated carbocycles. The fourth-order valence-electron chi connectivity index (χ4n) is 8.52. The highest BCUT2D eigenvalue weighted by atomic mass is 32.1. The predicted octanol–water partition coefficient (Wildman–Crippen LogP) is 14.8. The van der Waals surface area contributed by atoms with Gasteiger partial charge in [0, 0.05) is 92.8 Å². The number of aromatic nitrogens is 1. The Morgan fingerprint density at radius 2 is 1.21 bits per heavy atom. The van der Waals surface area contributed by atoms with Gasteiger partial charge in [0.2, 0.25) is 0 Å². The molecule has 0 N–H and O–H groups in total. The minimum Gasteiger partial charge on any atom is -0.373 e. The molecule has 0 aliphatic rings. The average molecular weight is 976 g/mol. The van der Waals surface area contributed by atoms with E-state index >= 15 is 8.78 Å². The van der Waals surface area contributed by atoms with Crippen molar-refractivity contribution in [2.24, 2.45) is 0 Å². The first-order chi connectivity index (χ1) is 31.8. The Bertz CT molecular complexity index is 3130. The lowest BCUT2D eigenvalue weighted by atomic mass is 10.1. The first-order valence-corrected chi connectivity index (χ1v) is 27.2. The molecule has 0 aliphatic carbocycles. The highest BCUT2D eigenvalue weighted by molar-refractivity contribution is 7.29. The summed E-state index contributed by atoms with van der Waals surface area (Å²) in [4.78, 5) is 24.7. The van der Waals surface area contributed by atoms with E-state index in [0.29, 0.717) is 0 Å². The Hall–Kier alpha value is -5.08. The number of hydrogen-bond acceptors (Lipinski definition) is 9. The second-order valence-electron chi connectivity index (χ2n) is 16.0. The number of thiophene rings is 4. The van der Waals surface area contributed by atoms with E-state index in [9.17, 15) is 10.1 Å². The summed E-state index contributed by atoms with van der Waals surface area (Å²) in [5, 5.41) is 13.0. The largest absolute Gasteiger partial charge is 0.521 e. The van der Waals surface area contributed by atoms with E-state index in [2.05, 4.69) is 105 Å². The summed E-state index contributed by atoms with van der Waals surface area (Å²) in [6.45, 7) is 17.2. The second-order valence-corrected chi connectivity index (χ2v) is 22.8. The Balaban J connectivity index is 1.07. The zero-order chi connectivity index (χ0) is 46.9. The maximum absolute atomic E-state index is 15.1. The van der Waals surface area contributed by atoms with Gasteiger partial charge in [-0.25, -0.2) is 8.78 Å². The molecule has 0 saturated heterocycles. The third-order valence-electron chi connectivity index (χ3n) is 11.6. The topological polar surface area (TPSA) is 76.7 Å². The van der Waals surface area contributed by atoms with E-state index < -0.39 is 32.9 Å². The molecule has 8 rings (SSSR count). The maximum Gasteiger partial charge on any atom is 0.521 e. The molecule has 66 heavy (non-hydrogen) atoms. The van der Waals surface area contributed by atoms with E-state index in [1.807, 2.05) is 29.6 Å². The van der Waals surface area contributed by atoms with Crippen LogP contribution in [0, 0.1) is 50.7 Å². The van der Waals surface area contributed by atoms with Crippen molar-refractivity contribution >= 4 is 87.9 Å². The molecule has 14 heteroatoms. The molecule has 0 atom stereocenters. The Kier molecular flexibility index (Phi) is 14.4. The maximum atomic E-state index is 15.1. The van der Waals surface area contributed by atoms with E-state index in [1.165, 1.54) is 85.2 Å². The van der Waals surface area contributed by atoms with Crippen molar-refractivity contribution in [1.29, 1.82) is 5.26 Å². The van der Waals surface area contributed by atoms with Gasteiger partial charge < -0.3 is 22.7 Å². The van der Waals surface area contributed by atoms with Crippen molar-refractivity contribution in [3.05, 3.63) is 135 Å². The third-order valence-corrected chi connectivity index (χ3v) is 20.0. The SMILES string of the molecule is CCO[Si](CN(Cc1c(F)cccc1F)C(=O)/C(C#N)=C/c1sc(-c2sc(-c3sc(-c4sc(-c5ccc6c(c5)c5ccccc5n6CC)cc4C)cc3C)cc2C)cc1C)(OCC)OCC. The lowest BCUT2D eigenvalue weighted by Gasteiger charge is -2.33. The first kappa shape index (κ1) is 47.4. The molecular formula is C52H51F2N3O4S4Si. The number of rotatable bonds is 17. The van der Waals surface area contributed by atoms with Crippen LogP contribution in [0.5, 0.6) is 0 Å². The molecule has 1 amide bonds. The van der Waals surface area contributed by atoms with Gasteiger partial charge in [0.1, 0.15) is 23.3 Å². The number of carbonyl (C=O) groups excluding carboxylic acids is 1. The molecule has 0 radical (unpaired) electrons. The van der Waals surface area contributed by atoms with Crippen molar-refractivity contribution in [3.63, 3.8) is 0 Å². The van der Waals surface area contributed by atoms with Crippen LogP contribution >= 0.6 is 45.3 Å². The van der Waals surface area contributed by atoms with Gasteiger partial charge in [-0.1, -0.05) is 30.3 Å². The molecular weight excluding hydrogens is 925 g/mol. The number of carbonyl (C=O) groups is 1. The number of hydrogen-bond donors (Lipinski definition) is 0. The van der Waals surface area contributed by atoms with Gasteiger partial charge in [-0.15, -0.1) is 45.3 Å². The monoisotopic (exact) mass is 975 g/mol. The van der Waals surface area contributed by atoms with E-state index in [0.717, 1.165) is 44.4 Å². The lowest BCUT2D eigenvalue weighted by Crippen LogP contribution is -2.56. The fourth-order valence-corrected chi connectivity index (χ4v) is 16.2. The summed E-state index contributed by atoms with van der Waals surface area (Å²) in [5.74, 6) is -2.32. The van der Waals surface area contributed by atoms with Gasteiger partial charge >= 0.3 is 8.80 Å². The fraction of sp³-hybridized carbons (Fsp3) is 0.269. The summed E-state index contributed by atoms with van der Waals surface area (Å²) in [6, 6.07) is 30.1. The number of benzene rings is 3. The Morgan fingerprint density at radius 3 is 1.79 bits per heavy atom. The Labute approximate surface area is 402 Å². The molecule has 8 aromatic rings. The number of fused-ring (bicyclic) bond motifs is 3. The van der Waals surface area contributed by atoms with Crippen LogP contribution in [0.1, 0.15) is 60.4 Å². The van der Waals surface area contributed by atoms with Gasteiger partial charge in [-0.3, -0.25) is 4.79 Å². The van der Waals surface area contributed by atoms with Gasteiger partial charge in [0.25, 0.3) is 5.91 Å². The van der Waals surface area contributed by atoms with Crippen LogP contribution in [-0.2, 0) is 31.2 Å². The summed E-state index contributed by atoms with van der Waals surface area (Å²) >= 11 is 6.89. The molecule has 5 aromatic heterocycles. The first-order valence-electron chi connectivity index (χ1n) is 22.0. The van der Waals surface area contributed by atoms with Crippen LogP contribution in [-0.4, -0.2) is 50.2 Å². The minimum atomic E-state index is -3.57. The highest BCUT2D eigenvalue weighted by Crippen LogP contribution is 2.49. The summed E-state index contributed by atoms with van der Waals surface area (Å²) in [5.41, 5.74) is 7.77. The van der Waals surface area contributed by atoms with Crippen molar-refractivity contribution in [3.8, 4) is 45.8 Å². The zero-order valence-electron chi connectivity index (χ0n) is 38.3. The van der Waals surface area contributed by atoms with Crippen LogP contribution in [0.25, 0.3) is 67.6 Å². The molecule has 3 aromatic carbocycles. The van der Waals surface area contributed by atoms with Crippen molar-refractivity contribution in [2.45, 2.75) is 68.5 Å². The quantitative estimate of drug-likeness (QED) is 0.0516. The van der Waals surface area contributed by atoms with Gasteiger partial charge in [-0.05, 0) is 144 Å².